The summed E-state index contributed by atoms with van der Waals surface area (Å²) in [6, 6.07) is 11.6. The van der Waals surface area contributed by atoms with E-state index in [0.717, 1.165) is 43.2 Å². The number of piperazine rings is 1. The number of nitrogens with zero attached hydrogens (tertiary/aromatic N) is 3. The molecule has 1 aromatic heterocycles. The second-order valence-electron chi connectivity index (χ2n) is 7.54. The molecule has 0 radical (unpaired) electrons. The predicted octanol–water partition coefficient (Wildman–Crippen LogP) is 4.14. The highest BCUT2D eigenvalue weighted by Gasteiger charge is 2.32. The fraction of sp³-hybridized carbons (Fsp3) is 0.320. The van der Waals surface area contributed by atoms with Crippen molar-refractivity contribution in [3.05, 3.63) is 90.4 Å². The first-order chi connectivity index (χ1) is 14.5. The Morgan fingerprint density at radius 1 is 1.10 bits per heavy atom. The Bertz CT molecular complexity index is 894. The number of rotatable bonds is 7. The molecule has 1 atom stereocenters. The number of benzene rings is 1. The summed E-state index contributed by atoms with van der Waals surface area (Å²) in [5.41, 5.74) is 2.43. The van der Waals surface area contributed by atoms with Gasteiger partial charge in [-0.1, -0.05) is 30.9 Å². The van der Waals surface area contributed by atoms with E-state index in [2.05, 4.69) is 21.4 Å². The zero-order valence-electron chi connectivity index (χ0n) is 18.1. The maximum atomic E-state index is 11.4. The molecular weight excluding hydrogens is 374 g/mol. The van der Waals surface area contributed by atoms with Crippen molar-refractivity contribution in [2.45, 2.75) is 19.4 Å². The van der Waals surface area contributed by atoms with Crippen molar-refractivity contribution in [3.8, 4) is 5.75 Å². The first-order valence-corrected chi connectivity index (χ1v) is 10.3. The molecule has 30 heavy (non-hydrogen) atoms. The van der Waals surface area contributed by atoms with Gasteiger partial charge < -0.3 is 19.6 Å². The van der Waals surface area contributed by atoms with Crippen LogP contribution in [0.4, 0.5) is 5.69 Å². The van der Waals surface area contributed by atoms with Crippen molar-refractivity contribution in [1.82, 2.24) is 9.88 Å². The predicted molar refractivity (Wildman–Crippen MR) is 123 cm³/mol. The Morgan fingerprint density at radius 3 is 2.30 bits per heavy atom. The van der Waals surface area contributed by atoms with E-state index >= 15 is 0 Å². The zero-order valence-corrected chi connectivity index (χ0v) is 18.1. The van der Waals surface area contributed by atoms with Crippen molar-refractivity contribution in [2.24, 2.45) is 0 Å². The van der Waals surface area contributed by atoms with E-state index in [1.54, 1.807) is 14.0 Å². The van der Waals surface area contributed by atoms with Gasteiger partial charge >= 0.3 is 0 Å². The van der Waals surface area contributed by atoms with Crippen molar-refractivity contribution in [1.29, 1.82) is 0 Å². The summed E-state index contributed by atoms with van der Waals surface area (Å²) in [7, 11) is 1.63. The minimum Gasteiger partial charge on any atom is -0.497 e. The molecule has 1 fully saturated rings. The molecular formula is C25H31N3O2. The van der Waals surface area contributed by atoms with Gasteiger partial charge in [0.05, 0.1) is 7.11 Å². The topological polar surface area (TPSA) is 48.8 Å². The third-order valence-corrected chi connectivity index (χ3v) is 5.64. The second-order valence-corrected chi connectivity index (χ2v) is 7.54. The van der Waals surface area contributed by atoms with Crippen molar-refractivity contribution >= 4 is 5.69 Å². The number of anilines is 1. The lowest BCUT2D eigenvalue weighted by atomic mass is 9.86. The van der Waals surface area contributed by atoms with E-state index in [4.69, 9.17) is 4.74 Å². The van der Waals surface area contributed by atoms with Crippen LogP contribution in [0.3, 0.4) is 0 Å². The molecule has 1 aromatic carbocycles. The Balaban J connectivity index is 1.79. The average Bonchev–Trinajstić information content (AvgIpc) is 2.80. The zero-order chi connectivity index (χ0) is 21.6. The molecule has 1 N–H and O–H groups in total. The number of ether oxygens (including phenoxy) is 1. The number of pyridine rings is 1. The second kappa shape index (κ2) is 9.63. The largest absolute Gasteiger partial charge is 0.497 e. The van der Waals surface area contributed by atoms with Crippen LogP contribution in [0.5, 0.6) is 5.75 Å². The lowest BCUT2D eigenvalue weighted by Gasteiger charge is -2.41. The highest BCUT2D eigenvalue weighted by molar-refractivity contribution is 5.47. The third kappa shape index (κ3) is 4.74. The van der Waals surface area contributed by atoms with Gasteiger partial charge in [0.25, 0.3) is 0 Å². The molecule has 0 saturated carbocycles. The Hall–Kier alpha value is -3.05. The van der Waals surface area contributed by atoms with E-state index in [-0.39, 0.29) is 0 Å². The van der Waals surface area contributed by atoms with Crippen LogP contribution in [0, 0.1) is 0 Å². The van der Waals surface area contributed by atoms with Crippen molar-refractivity contribution in [3.63, 3.8) is 0 Å². The summed E-state index contributed by atoms with van der Waals surface area (Å²) in [6.45, 7) is 11.6. The number of aliphatic hydroxyl groups is 1. The molecule has 1 aliphatic rings. The smallest absolute Gasteiger partial charge is 0.118 e. The van der Waals surface area contributed by atoms with Crippen LogP contribution in [-0.4, -0.2) is 48.3 Å². The maximum Gasteiger partial charge on any atom is 0.118 e. The van der Waals surface area contributed by atoms with Crippen LogP contribution in [0.15, 0.2) is 84.9 Å². The van der Waals surface area contributed by atoms with Gasteiger partial charge in [0.2, 0.25) is 0 Å². The van der Waals surface area contributed by atoms with Crippen LogP contribution >= 0.6 is 0 Å². The maximum absolute atomic E-state index is 11.4. The molecule has 0 bridgehead atoms. The molecule has 2 aromatic rings. The molecule has 158 valence electrons. The first-order valence-electron chi connectivity index (χ1n) is 10.3. The number of methoxy groups -OCH3 is 1. The van der Waals surface area contributed by atoms with Gasteiger partial charge in [-0.05, 0) is 49.8 Å². The number of hydrogen-bond acceptors (Lipinski definition) is 5. The lowest BCUT2D eigenvalue weighted by Crippen LogP contribution is -2.47. The van der Waals surface area contributed by atoms with Crippen LogP contribution in [-0.2, 0) is 5.60 Å². The van der Waals surface area contributed by atoms with Crippen LogP contribution < -0.4 is 9.64 Å². The van der Waals surface area contributed by atoms with E-state index in [9.17, 15) is 5.11 Å². The quantitative estimate of drug-likeness (QED) is 0.702. The number of hydrogen-bond donors (Lipinski definition) is 1. The summed E-state index contributed by atoms with van der Waals surface area (Å²) in [5, 5.41) is 11.4. The van der Waals surface area contributed by atoms with E-state index in [0.29, 0.717) is 5.57 Å². The molecule has 5 heteroatoms. The molecule has 0 spiro atoms. The standard InChI is InChI=1S/C25H31N3O2/c1-5-6-7-24(20(2)25(3,29)21-8-10-23(30-4)11-9-21)28-18-16-27(17-19-28)22-12-14-26-15-13-22/h5-15,29H,2,16-19H2,1,3-4H3/b6-5-,24-7+. The first kappa shape index (κ1) is 21.7. The molecule has 5 nitrogen and oxygen atoms in total. The molecule has 3 rings (SSSR count). The molecule has 0 amide bonds. The third-order valence-electron chi connectivity index (χ3n) is 5.64. The fourth-order valence-electron chi connectivity index (χ4n) is 3.68. The summed E-state index contributed by atoms with van der Waals surface area (Å²) in [4.78, 5) is 8.77. The van der Waals surface area contributed by atoms with Crippen LogP contribution in [0.1, 0.15) is 19.4 Å². The minimum atomic E-state index is -1.19. The van der Waals surface area contributed by atoms with E-state index in [1.165, 1.54) is 5.69 Å². The fourth-order valence-corrected chi connectivity index (χ4v) is 3.68. The van der Waals surface area contributed by atoms with Gasteiger partial charge in [0.1, 0.15) is 11.4 Å². The Morgan fingerprint density at radius 2 is 1.73 bits per heavy atom. The lowest BCUT2D eigenvalue weighted by molar-refractivity contribution is 0.0950. The van der Waals surface area contributed by atoms with Gasteiger partial charge in [-0.15, -0.1) is 0 Å². The molecule has 1 aliphatic heterocycles. The van der Waals surface area contributed by atoms with Crippen LogP contribution in [0.2, 0.25) is 0 Å². The molecule has 1 saturated heterocycles. The number of aromatic nitrogens is 1. The molecule has 1 unspecified atom stereocenters. The van der Waals surface area contributed by atoms with Gasteiger partial charge in [0, 0.05) is 55.5 Å². The summed E-state index contributed by atoms with van der Waals surface area (Å²) < 4.78 is 5.24. The van der Waals surface area contributed by atoms with Gasteiger partial charge in [-0.25, -0.2) is 0 Å². The summed E-state index contributed by atoms with van der Waals surface area (Å²) >= 11 is 0. The van der Waals surface area contributed by atoms with Gasteiger partial charge in [0.15, 0.2) is 0 Å². The normalized spacial score (nSPS) is 17.1. The Labute approximate surface area is 179 Å². The average molecular weight is 406 g/mol. The van der Waals surface area contributed by atoms with Gasteiger partial charge in [-0.3, -0.25) is 4.98 Å². The van der Waals surface area contributed by atoms with Crippen molar-refractivity contribution < 1.29 is 9.84 Å². The molecule has 0 aliphatic carbocycles. The van der Waals surface area contributed by atoms with Crippen molar-refractivity contribution in [2.75, 3.05) is 38.2 Å². The highest BCUT2D eigenvalue weighted by atomic mass is 16.5. The van der Waals surface area contributed by atoms with Crippen LogP contribution in [0.25, 0.3) is 0 Å². The van der Waals surface area contributed by atoms with Gasteiger partial charge in [-0.2, -0.15) is 0 Å². The van der Waals surface area contributed by atoms with E-state index < -0.39 is 5.60 Å². The van der Waals surface area contributed by atoms with E-state index in [1.807, 2.05) is 73.9 Å². The Kier molecular flexibility index (Phi) is 6.95. The minimum absolute atomic E-state index is 0.683. The highest BCUT2D eigenvalue weighted by Crippen LogP contribution is 2.35. The number of allylic oxidation sites excluding steroid dienone is 3. The monoisotopic (exact) mass is 405 g/mol. The summed E-state index contributed by atoms with van der Waals surface area (Å²) in [5.74, 6) is 0.761. The molecule has 2 heterocycles. The summed E-state index contributed by atoms with van der Waals surface area (Å²) in [6.07, 6.45) is 9.69. The SMILES string of the molecule is C=C(/C(=C\C=C/C)N1CCN(c2ccncc2)CC1)C(C)(O)c1ccc(OC)cc1.